The van der Waals surface area contributed by atoms with Crippen molar-refractivity contribution in [2.24, 2.45) is 0 Å². The fourth-order valence-corrected chi connectivity index (χ4v) is 5.22. The Balaban J connectivity index is 1.73. The number of hydrogen-bond donors (Lipinski definition) is 2. The zero-order chi connectivity index (χ0) is 18.1. The molecular formula is C18H18N4OS3. The highest BCUT2D eigenvalue weighted by molar-refractivity contribution is 7.98. The van der Waals surface area contributed by atoms with Crippen LogP contribution in [0.25, 0.3) is 10.2 Å². The molecule has 1 aromatic carbocycles. The molecule has 2 heterocycles. The highest BCUT2D eigenvalue weighted by Crippen LogP contribution is 2.34. The lowest BCUT2D eigenvalue weighted by molar-refractivity contribution is 0.698. The summed E-state index contributed by atoms with van der Waals surface area (Å²) in [6, 6.07) is 9.63. The number of nitrogens with one attached hydrogen (secondary N) is 2. The van der Waals surface area contributed by atoms with Gasteiger partial charge in [-0.25, -0.2) is 4.98 Å². The molecule has 2 aromatic heterocycles. The Labute approximate surface area is 164 Å². The molecule has 0 bridgehead atoms. The summed E-state index contributed by atoms with van der Waals surface area (Å²) in [7, 11) is 0. The topological polar surface area (TPSA) is 59.0 Å². The minimum atomic E-state index is -0.0732. The second-order valence-electron chi connectivity index (χ2n) is 6.06. The maximum atomic E-state index is 13.2. The van der Waals surface area contributed by atoms with E-state index >= 15 is 0 Å². The third-order valence-electron chi connectivity index (χ3n) is 4.39. The van der Waals surface area contributed by atoms with Crippen LogP contribution in [0.2, 0.25) is 0 Å². The predicted molar refractivity (Wildman–Crippen MR) is 114 cm³/mol. The standard InChI is InChI=1S/C18H18N4OS3/c1-25-18-20-15-14(12-9-5-6-10-13(12)26-15)16(23)22(18)21-17(24)19-11-7-3-2-4-8-11/h2-4,7-8H,5-6,9-10H2,1H3,(H2,19,21,24). The van der Waals surface area contributed by atoms with Crippen molar-refractivity contribution in [2.45, 2.75) is 30.8 Å². The minimum absolute atomic E-state index is 0.0732. The molecule has 0 aliphatic heterocycles. The normalized spacial score (nSPS) is 13.4. The molecule has 26 heavy (non-hydrogen) atoms. The minimum Gasteiger partial charge on any atom is -0.331 e. The number of benzene rings is 1. The molecule has 134 valence electrons. The molecule has 0 saturated heterocycles. The molecule has 0 spiro atoms. The van der Waals surface area contributed by atoms with E-state index in [0.717, 1.165) is 35.2 Å². The second-order valence-corrected chi connectivity index (χ2v) is 8.33. The SMILES string of the molecule is CSc1nc2sc3c(c2c(=O)n1NC(=S)Nc1ccccc1)CCCC3. The van der Waals surface area contributed by atoms with Gasteiger partial charge >= 0.3 is 0 Å². The van der Waals surface area contributed by atoms with Crippen molar-refractivity contribution < 1.29 is 0 Å². The molecule has 0 radical (unpaired) electrons. The number of nitrogens with zero attached hydrogens (tertiary/aromatic N) is 2. The monoisotopic (exact) mass is 402 g/mol. The van der Waals surface area contributed by atoms with Crippen LogP contribution in [0.3, 0.4) is 0 Å². The van der Waals surface area contributed by atoms with E-state index in [0.29, 0.717) is 10.3 Å². The molecule has 5 nitrogen and oxygen atoms in total. The Hall–Kier alpha value is -1.90. The summed E-state index contributed by atoms with van der Waals surface area (Å²) in [6.45, 7) is 0. The zero-order valence-electron chi connectivity index (χ0n) is 14.2. The number of aryl methyl sites for hydroxylation is 2. The van der Waals surface area contributed by atoms with Crippen LogP contribution >= 0.6 is 35.3 Å². The summed E-state index contributed by atoms with van der Waals surface area (Å²) in [5.41, 5.74) is 4.99. The van der Waals surface area contributed by atoms with Gasteiger partial charge in [0.15, 0.2) is 10.3 Å². The number of fused-ring (bicyclic) bond motifs is 3. The van der Waals surface area contributed by atoms with Gasteiger partial charge in [0.05, 0.1) is 5.39 Å². The Morgan fingerprint density at radius 3 is 2.81 bits per heavy atom. The fourth-order valence-electron chi connectivity index (χ4n) is 3.20. The van der Waals surface area contributed by atoms with Gasteiger partial charge in [-0.1, -0.05) is 30.0 Å². The Kier molecular flexibility index (Phi) is 4.97. The van der Waals surface area contributed by atoms with E-state index in [1.54, 1.807) is 11.3 Å². The van der Waals surface area contributed by atoms with E-state index in [4.69, 9.17) is 17.2 Å². The van der Waals surface area contributed by atoms with E-state index in [-0.39, 0.29) is 5.56 Å². The van der Waals surface area contributed by atoms with Crippen LogP contribution < -0.4 is 16.3 Å². The number of thiophene rings is 1. The van der Waals surface area contributed by atoms with Crippen LogP contribution in [-0.4, -0.2) is 21.0 Å². The first-order valence-electron chi connectivity index (χ1n) is 8.41. The lowest BCUT2D eigenvalue weighted by Gasteiger charge is -2.15. The van der Waals surface area contributed by atoms with Crippen molar-refractivity contribution in [3.8, 4) is 0 Å². The van der Waals surface area contributed by atoms with Gasteiger partial charge in [0.25, 0.3) is 5.56 Å². The molecule has 8 heteroatoms. The number of rotatable bonds is 3. The molecule has 0 fully saturated rings. The summed E-state index contributed by atoms with van der Waals surface area (Å²) in [5.74, 6) is 0. The largest absolute Gasteiger partial charge is 0.331 e. The summed E-state index contributed by atoms with van der Waals surface area (Å²) in [4.78, 5) is 20.1. The number of para-hydroxylation sites is 1. The average Bonchev–Trinajstić information content (AvgIpc) is 3.03. The van der Waals surface area contributed by atoms with Crippen molar-refractivity contribution in [3.05, 3.63) is 51.1 Å². The number of thiocarbonyl (C=S) groups is 1. The van der Waals surface area contributed by atoms with Crippen LogP contribution in [0.1, 0.15) is 23.3 Å². The Morgan fingerprint density at radius 2 is 2.04 bits per heavy atom. The van der Waals surface area contributed by atoms with Crippen LogP contribution in [0.15, 0.2) is 40.3 Å². The zero-order valence-corrected chi connectivity index (χ0v) is 16.7. The predicted octanol–water partition coefficient (Wildman–Crippen LogP) is 4.00. The third kappa shape index (κ3) is 3.24. The lowest BCUT2D eigenvalue weighted by Crippen LogP contribution is -2.37. The van der Waals surface area contributed by atoms with Crippen molar-refractivity contribution in [1.29, 1.82) is 0 Å². The second kappa shape index (κ2) is 7.38. The van der Waals surface area contributed by atoms with E-state index in [2.05, 4.69) is 10.7 Å². The number of aromatic nitrogens is 2. The first-order chi connectivity index (χ1) is 12.7. The van der Waals surface area contributed by atoms with E-state index in [1.807, 2.05) is 36.6 Å². The van der Waals surface area contributed by atoms with E-state index < -0.39 is 0 Å². The smallest absolute Gasteiger partial charge is 0.282 e. The van der Waals surface area contributed by atoms with Gasteiger partial charge in [-0.3, -0.25) is 10.2 Å². The molecule has 2 N–H and O–H groups in total. The quantitative estimate of drug-likeness (QED) is 0.392. The van der Waals surface area contributed by atoms with Gasteiger partial charge < -0.3 is 5.32 Å². The highest BCUT2D eigenvalue weighted by Gasteiger charge is 2.22. The maximum Gasteiger partial charge on any atom is 0.282 e. The molecule has 0 atom stereocenters. The van der Waals surface area contributed by atoms with E-state index in [9.17, 15) is 4.79 Å². The van der Waals surface area contributed by atoms with Gasteiger partial charge in [0.2, 0.25) is 0 Å². The first-order valence-corrected chi connectivity index (χ1v) is 10.9. The van der Waals surface area contributed by atoms with Gasteiger partial charge in [0.1, 0.15) is 4.83 Å². The number of thioether (sulfide) groups is 1. The van der Waals surface area contributed by atoms with Crippen LogP contribution in [0, 0.1) is 0 Å². The van der Waals surface area contributed by atoms with Gasteiger partial charge in [-0.2, -0.15) is 4.68 Å². The fraction of sp³-hybridized carbons (Fsp3) is 0.278. The summed E-state index contributed by atoms with van der Waals surface area (Å²) < 4.78 is 1.47. The van der Waals surface area contributed by atoms with E-state index in [1.165, 1.54) is 33.3 Å². The van der Waals surface area contributed by atoms with Gasteiger partial charge in [0, 0.05) is 10.6 Å². The Bertz CT molecular complexity index is 1030. The molecule has 3 aromatic rings. The number of hydrogen-bond acceptors (Lipinski definition) is 5. The van der Waals surface area contributed by atoms with Crippen molar-refractivity contribution in [2.75, 3.05) is 17.0 Å². The molecule has 1 aliphatic carbocycles. The van der Waals surface area contributed by atoms with Crippen LogP contribution in [0.4, 0.5) is 5.69 Å². The molecule has 0 amide bonds. The van der Waals surface area contributed by atoms with Gasteiger partial charge in [-0.15, -0.1) is 11.3 Å². The lowest BCUT2D eigenvalue weighted by atomic mass is 9.97. The summed E-state index contributed by atoms with van der Waals surface area (Å²) >= 11 is 8.48. The van der Waals surface area contributed by atoms with Crippen LogP contribution in [0.5, 0.6) is 0 Å². The van der Waals surface area contributed by atoms with Crippen molar-refractivity contribution in [3.63, 3.8) is 0 Å². The van der Waals surface area contributed by atoms with Crippen molar-refractivity contribution in [1.82, 2.24) is 9.66 Å². The van der Waals surface area contributed by atoms with Crippen LogP contribution in [-0.2, 0) is 12.8 Å². The summed E-state index contributed by atoms with van der Waals surface area (Å²) in [6.07, 6.45) is 6.23. The highest BCUT2D eigenvalue weighted by atomic mass is 32.2. The maximum absolute atomic E-state index is 13.2. The van der Waals surface area contributed by atoms with Gasteiger partial charge in [-0.05, 0) is 61.9 Å². The average molecular weight is 403 g/mol. The first kappa shape index (κ1) is 17.5. The number of anilines is 1. The molecule has 4 rings (SSSR count). The molecule has 1 aliphatic rings. The molecule has 0 saturated carbocycles. The summed E-state index contributed by atoms with van der Waals surface area (Å²) in [5, 5.41) is 4.82. The third-order valence-corrected chi connectivity index (χ3v) is 6.40. The molecular weight excluding hydrogens is 384 g/mol. The van der Waals surface area contributed by atoms with Crippen molar-refractivity contribution >= 4 is 56.3 Å². The molecule has 0 unspecified atom stereocenters. The Morgan fingerprint density at radius 1 is 1.27 bits per heavy atom.